The maximum atomic E-state index is 11.4. The average Bonchev–Trinajstić information content (AvgIpc) is 2.81. The van der Waals surface area contributed by atoms with Crippen LogP contribution in [0.25, 0.3) is 0 Å². The smallest absolute Gasteiger partial charge is 0.347 e. The van der Waals surface area contributed by atoms with E-state index in [2.05, 4.69) is 10.1 Å². The Kier molecular flexibility index (Phi) is 6.09. The zero-order chi connectivity index (χ0) is 15.2. The number of esters is 1. The van der Waals surface area contributed by atoms with Gasteiger partial charge in [0.15, 0.2) is 0 Å². The first-order valence-corrected chi connectivity index (χ1v) is 7.20. The van der Waals surface area contributed by atoms with Crippen LogP contribution in [0.2, 0.25) is 0 Å². The van der Waals surface area contributed by atoms with Gasteiger partial charge in [0.2, 0.25) is 6.61 Å². The van der Waals surface area contributed by atoms with E-state index >= 15 is 0 Å². The van der Waals surface area contributed by atoms with Crippen molar-refractivity contribution >= 4 is 23.0 Å². The van der Waals surface area contributed by atoms with Gasteiger partial charge >= 0.3 is 5.97 Å². The van der Waals surface area contributed by atoms with Gasteiger partial charge in [-0.3, -0.25) is 0 Å². The molecule has 0 aliphatic rings. The van der Waals surface area contributed by atoms with E-state index in [4.69, 9.17) is 9.57 Å². The average molecular weight is 300 g/mol. The summed E-state index contributed by atoms with van der Waals surface area (Å²) in [5.41, 5.74) is 0.303. The highest BCUT2D eigenvalue weighted by molar-refractivity contribution is 7.09. The number of nitrogens with zero attached hydrogens (tertiary/aromatic N) is 2. The highest BCUT2D eigenvalue weighted by atomic mass is 32.1. The number of aromatic nitrogens is 1. The summed E-state index contributed by atoms with van der Waals surface area (Å²) in [6.45, 7) is 6.71. The van der Waals surface area contributed by atoms with Crippen LogP contribution >= 0.6 is 11.3 Å². The molecule has 7 heteroatoms. The van der Waals surface area contributed by atoms with Gasteiger partial charge in [-0.25, -0.2) is 9.78 Å². The number of thiazole rings is 1. The number of aliphatic hydroxyl groups is 1. The summed E-state index contributed by atoms with van der Waals surface area (Å²) in [4.78, 5) is 20.6. The van der Waals surface area contributed by atoms with Crippen molar-refractivity contribution in [3.05, 3.63) is 16.1 Å². The van der Waals surface area contributed by atoms with Crippen molar-refractivity contribution in [1.29, 1.82) is 0 Å². The van der Waals surface area contributed by atoms with Crippen molar-refractivity contribution in [2.24, 2.45) is 5.16 Å². The SMILES string of the molecule is CCc1nc(/C(CO)=N/OCC(=O)OC(C)(C)C)cs1. The topological polar surface area (TPSA) is 81.0 Å². The van der Waals surface area contributed by atoms with Crippen LogP contribution in [0.5, 0.6) is 0 Å². The van der Waals surface area contributed by atoms with Gasteiger partial charge < -0.3 is 14.7 Å². The zero-order valence-corrected chi connectivity index (χ0v) is 13.0. The van der Waals surface area contributed by atoms with E-state index in [0.29, 0.717) is 11.4 Å². The molecule has 0 aromatic carbocycles. The second kappa shape index (κ2) is 7.35. The quantitative estimate of drug-likeness (QED) is 0.492. The van der Waals surface area contributed by atoms with Crippen molar-refractivity contribution in [2.75, 3.05) is 13.2 Å². The Labute approximate surface area is 122 Å². The standard InChI is InChI=1S/C13H20N2O4S/c1-5-11-14-10(8-20-11)9(6-16)15-18-7-12(17)19-13(2,3)4/h8,16H,5-7H2,1-4H3/b15-9+. The molecule has 0 atom stereocenters. The molecule has 0 unspecified atom stereocenters. The first-order chi connectivity index (χ1) is 9.35. The largest absolute Gasteiger partial charge is 0.457 e. The van der Waals surface area contributed by atoms with Gasteiger partial charge in [0, 0.05) is 5.38 Å². The van der Waals surface area contributed by atoms with Crippen molar-refractivity contribution in [2.45, 2.75) is 39.7 Å². The third-order valence-electron chi connectivity index (χ3n) is 2.08. The predicted molar refractivity (Wildman–Crippen MR) is 76.9 cm³/mol. The second-order valence-corrected chi connectivity index (χ2v) is 5.98. The summed E-state index contributed by atoms with van der Waals surface area (Å²) in [5, 5.41) is 15.7. The lowest BCUT2D eigenvalue weighted by atomic mass is 10.2. The van der Waals surface area contributed by atoms with Crippen LogP contribution in [0.15, 0.2) is 10.5 Å². The lowest BCUT2D eigenvalue weighted by molar-refractivity contribution is -0.160. The molecule has 1 rings (SSSR count). The summed E-state index contributed by atoms with van der Waals surface area (Å²) < 4.78 is 5.07. The molecule has 112 valence electrons. The number of ether oxygens (including phenoxy) is 1. The fraction of sp³-hybridized carbons (Fsp3) is 0.615. The van der Waals surface area contributed by atoms with Crippen LogP contribution in [0.1, 0.15) is 38.4 Å². The molecule has 20 heavy (non-hydrogen) atoms. The lowest BCUT2D eigenvalue weighted by Crippen LogP contribution is -2.26. The third kappa shape index (κ3) is 5.66. The third-order valence-corrected chi connectivity index (χ3v) is 3.07. The molecule has 0 aliphatic heterocycles. The minimum absolute atomic E-state index is 0.296. The van der Waals surface area contributed by atoms with Crippen LogP contribution < -0.4 is 0 Å². The highest BCUT2D eigenvalue weighted by Gasteiger charge is 2.16. The maximum Gasteiger partial charge on any atom is 0.347 e. The van der Waals surface area contributed by atoms with E-state index < -0.39 is 11.6 Å². The summed E-state index contributed by atoms with van der Waals surface area (Å²) >= 11 is 1.49. The maximum absolute atomic E-state index is 11.4. The van der Waals surface area contributed by atoms with Crippen LogP contribution in [-0.4, -0.2) is 40.6 Å². The van der Waals surface area contributed by atoms with E-state index in [1.807, 2.05) is 6.92 Å². The second-order valence-electron chi connectivity index (χ2n) is 5.04. The lowest BCUT2D eigenvalue weighted by Gasteiger charge is -2.18. The van der Waals surface area contributed by atoms with E-state index in [9.17, 15) is 9.90 Å². The molecule has 1 aromatic rings. The number of aliphatic hydroxyl groups excluding tert-OH is 1. The number of carbonyl (C=O) groups is 1. The molecule has 1 N–H and O–H groups in total. The Morgan fingerprint density at radius 1 is 1.50 bits per heavy atom. The minimum Gasteiger partial charge on any atom is -0.457 e. The summed E-state index contributed by atoms with van der Waals surface area (Å²) in [7, 11) is 0. The van der Waals surface area contributed by atoms with E-state index in [1.165, 1.54) is 11.3 Å². The monoisotopic (exact) mass is 300 g/mol. The molecule has 0 spiro atoms. The molecule has 6 nitrogen and oxygen atoms in total. The number of rotatable bonds is 6. The Balaban J connectivity index is 2.56. The van der Waals surface area contributed by atoms with Crippen LogP contribution in [-0.2, 0) is 20.8 Å². The number of carbonyl (C=O) groups excluding carboxylic acids is 1. The minimum atomic E-state index is -0.561. The normalized spacial score (nSPS) is 12.3. The first-order valence-electron chi connectivity index (χ1n) is 6.32. The Morgan fingerprint density at radius 2 is 2.20 bits per heavy atom. The fourth-order valence-electron chi connectivity index (χ4n) is 1.30. The highest BCUT2D eigenvalue weighted by Crippen LogP contribution is 2.11. The van der Waals surface area contributed by atoms with Crippen molar-refractivity contribution < 1.29 is 19.5 Å². The Morgan fingerprint density at radius 3 is 2.70 bits per heavy atom. The fourth-order valence-corrected chi connectivity index (χ4v) is 2.05. The molecule has 0 amide bonds. The van der Waals surface area contributed by atoms with Gasteiger partial charge in [0.05, 0.1) is 11.6 Å². The Hall–Kier alpha value is -1.47. The van der Waals surface area contributed by atoms with Gasteiger partial charge in [-0.1, -0.05) is 12.1 Å². The van der Waals surface area contributed by atoms with Crippen LogP contribution in [0, 0.1) is 0 Å². The predicted octanol–water partition coefficient (Wildman–Crippen LogP) is 1.76. The van der Waals surface area contributed by atoms with Gasteiger partial charge in [0.1, 0.15) is 17.0 Å². The molecule has 0 aliphatic carbocycles. The van der Waals surface area contributed by atoms with E-state index in [0.717, 1.165) is 11.4 Å². The van der Waals surface area contributed by atoms with Crippen molar-refractivity contribution in [3.63, 3.8) is 0 Å². The summed E-state index contributed by atoms with van der Waals surface area (Å²) in [6.07, 6.45) is 0.822. The van der Waals surface area contributed by atoms with Crippen molar-refractivity contribution in [1.82, 2.24) is 4.98 Å². The Bertz CT molecular complexity index is 477. The van der Waals surface area contributed by atoms with Gasteiger partial charge in [0.25, 0.3) is 0 Å². The van der Waals surface area contributed by atoms with Crippen LogP contribution in [0.4, 0.5) is 0 Å². The van der Waals surface area contributed by atoms with E-state index in [-0.39, 0.29) is 13.2 Å². The number of oxime groups is 1. The molecule has 0 fully saturated rings. The molecular weight excluding hydrogens is 280 g/mol. The first kappa shape index (κ1) is 16.6. The van der Waals surface area contributed by atoms with E-state index in [1.54, 1.807) is 26.2 Å². The molecule has 0 saturated carbocycles. The summed E-state index contributed by atoms with van der Waals surface area (Å²) in [5.74, 6) is -0.508. The molecule has 1 aromatic heterocycles. The van der Waals surface area contributed by atoms with Gasteiger partial charge in [-0.2, -0.15) is 0 Å². The van der Waals surface area contributed by atoms with Crippen LogP contribution in [0.3, 0.4) is 0 Å². The molecule has 0 bridgehead atoms. The summed E-state index contributed by atoms with van der Waals surface area (Å²) in [6, 6.07) is 0. The molecular formula is C13H20N2O4S. The van der Waals surface area contributed by atoms with Gasteiger partial charge in [-0.05, 0) is 27.2 Å². The molecule has 0 radical (unpaired) electrons. The number of hydrogen-bond donors (Lipinski definition) is 1. The molecule has 1 heterocycles. The zero-order valence-electron chi connectivity index (χ0n) is 12.2. The van der Waals surface area contributed by atoms with Gasteiger partial charge in [-0.15, -0.1) is 11.3 Å². The number of hydrogen-bond acceptors (Lipinski definition) is 7. The van der Waals surface area contributed by atoms with Crippen molar-refractivity contribution in [3.8, 4) is 0 Å². The molecule has 0 saturated heterocycles. The number of aryl methyl sites for hydroxylation is 1.